The molecule has 0 aliphatic heterocycles. The summed E-state index contributed by atoms with van der Waals surface area (Å²) in [6.45, 7) is 5.06. The van der Waals surface area contributed by atoms with Crippen molar-refractivity contribution in [2.75, 3.05) is 14.2 Å². The third-order valence-electron chi connectivity index (χ3n) is 5.45. The van der Waals surface area contributed by atoms with Crippen molar-refractivity contribution in [3.63, 3.8) is 0 Å². The summed E-state index contributed by atoms with van der Waals surface area (Å²) in [4.78, 5) is 11.5. The van der Waals surface area contributed by atoms with Crippen LogP contribution in [0.3, 0.4) is 0 Å². The number of methoxy groups -OCH3 is 1. The number of fused-ring (bicyclic) bond motifs is 1. The van der Waals surface area contributed by atoms with Gasteiger partial charge in [0.25, 0.3) is 0 Å². The molecule has 5 nitrogen and oxygen atoms in total. The second-order valence-corrected chi connectivity index (χ2v) is 8.23. The monoisotopic (exact) mass is 406 g/mol. The van der Waals surface area contributed by atoms with Gasteiger partial charge in [0.2, 0.25) is 0 Å². The summed E-state index contributed by atoms with van der Waals surface area (Å²) < 4.78 is 7.49. The van der Waals surface area contributed by atoms with E-state index in [1.807, 2.05) is 31.5 Å². The standard InChI is InChI=1S/C23H26N4OS/c1-16(26(3)13-19-14-29-23(25-19)17(2)28-4)18-9-11-20(12-10-18)27-15-24-21-7-5-6-8-22(21)27/h5-12,14-17H,13H2,1-4H3/t16-,17+/m0/s1. The van der Waals surface area contributed by atoms with Gasteiger partial charge in [-0.1, -0.05) is 24.3 Å². The Morgan fingerprint density at radius 2 is 1.86 bits per heavy atom. The largest absolute Gasteiger partial charge is 0.375 e. The van der Waals surface area contributed by atoms with E-state index in [1.165, 1.54) is 5.56 Å². The maximum atomic E-state index is 5.37. The highest BCUT2D eigenvalue weighted by atomic mass is 32.1. The smallest absolute Gasteiger partial charge is 0.122 e. The van der Waals surface area contributed by atoms with Gasteiger partial charge in [-0.05, 0) is 50.7 Å². The summed E-state index contributed by atoms with van der Waals surface area (Å²) in [5, 5.41) is 3.15. The van der Waals surface area contributed by atoms with Crippen LogP contribution >= 0.6 is 11.3 Å². The molecular formula is C23H26N4OS. The summed E-state index contributed by atoms with van der Waals surface area (Å²) in [7, 11) is 3.86. The second kappa shape index (κ2) is 8.45. The zero-order chi connectivity index (χ0) is 20.4. The van der Waals surface area contributed by atoms with Crippen LogP contribution in [0.5, 0.6) is 0 Å². The van der Waals surface area contributed by atoms with E-state index < -0.39 is 0 Å². The lowest BCUT2D eigenvalue weighted by atomic mass is 10.1. The minimum absolute atomic E-state index is 0.0447. The average Bonchev–Trinajstić information content (AvgIpc) is 3.40. The quantitative estimate of drug-likeness (QED) is 0.413. The Morgan fingerprint density at radius 1 is 1.10 bits per heavy atom. The fraction of sp³-hybridized carbons (Fsp3) is 0.304. The number of rotatable bonds is 7. The van der Waals surface area contributed by atoms with Crippen LogP contribution in [0.4, 0.5) is 0 Å². The van der Waals surface area contributed by atoms with Crippen LogP contribution < -0.4 is 0 Å². The van der Waals surface area contributed by atoms with Gasteiger partial charge in [0, 0.05) is 30.8 Å². The van der Waals surface area contributed by atoms with Gasteiger partial charge in [-0.3, -0.25) is 9.47 Å². The Labute approximate surface area is 175 Å². The molecule has 29 heavy (non-hydrogen) atoms. The van der Waals surface area contributed by atoms with Crippen molar-refractivity contribution in [3.05, 3.63) is 76.5 Å². The average molecular weight is 407 g/mol. The molecule has 4 rings (SSSR count). The van der Waals surface area contributed by atoms with E-state index >= 15 is 0 Å². The fourth-order valence-electron chi connectivity index (χ4n) is 3.41. The first-order valence-electron chi connectivity index (χ1n) is 9.76. The summed E-state index contributed by atoms with van der Waals surface area (Å²) in [6, 6.07) is 17.2. The van der Waals surface area contributed by atoms with Crippen LogP contribution in [0.1, 0.15) is 42.3 Å². The highest BCUT2D eigenvalue weighted by Crippen LogP contribution is 2.25. The summed E-state index contributed by atoms with van der Waals surface area (Å²) in [5.41, 5.74) is 5.62. The van der Waals surface area contributed by atoms with Gasteiger partial charge in [0.05, 0.1) is 16.7 Å². The van der Waals surface area contributed by atoms with Crippen molar-refractivity contribution < 1.29 is 4.74 Å². The van der Waals surface area contributed by atoms with Gasteiger partial charge in [-0.15, -0.1) is 11.3 Å². The third kappa shape index (κ3) is 4.10. The summed E-state index contributed by atoms with van der Waals surface area (Å²) >= 11 is 1.66. The number of aromatic nitrogens is 3. The molecule has 2 aromatic heterocycles. The molecule has 0 aliphatic rings. The molecule has 150 valence electrons. The minimum Gasteiger partial charge on any atom is -0.375 e. The molecular weight excluding hydrogens is 380 g/mol. The first kappa shape index (κ1) is 19.8. The number of ether oxygens (including phenoxy) is 1. The van der Waals surface area contributed by atoms with Crippen LogP contribution in [0, 0.1) is 0 Å². The van der Waals surface area contributed by atoms with Gasteiger partial charge in [-0.2, -0.15) is 0 Å². The van der Waals surface area contributed by atoms with E-state index in [2.05, 4.69) is 64.1 Å². The van der Waals surface area contributed by atoms with Crippen molar-refractivity contribution in [2.24, 2.45) is 0 Å². The summed E-state index contributed by atoms with van der Waals surface area (Å²) in [6.07, 6.45) is 1.93. The number of imidazole rings is 1. The molecule has 2 heterocycles. The predicted molar refractivity (Wildman–Crippen MR) is 118 cm³/mol. The molecule has 4 aromatic rings. The molecule has 0 saturated heterocycles. The fourth-order valence-corrected chi connectivity index (χ4v) is 4.25. The van der Waals surface area contributed by atoms with E-state index in [1.54, 1.807) is 18.4 Å². The number of thiazole rings is 1. The molecule has 2 aromatic carbocycles. The number of benzene rings is 2. The maximum absolute atomic E-state index is 5.37. The molecule has 0 unspecified atom stereocenters. The highest BCUT2D eigenvalue weighted by molar-refractivity contribution is 7.09. The van der Waals surface area contributed by atoms with Crippen LogP contribution in [0.15, 0.2) is 60.2 Å². The maximum Gasteiger partial charge on any atom is 0.122 e. The van der Waals surface area contributed by atoms with Gasteiger partial charge < -0.3 is 4.74 Å². The summed E-state index contributed by atoms with van der Waals surface area (Å²) in [5.74, 6) is 0. The molecule has 0 radical (unpaired) electrons. The predicted octanol–water partition coefficient (Wildman–Crippen LogP) is 5.38. The van der Waals surface area contributed by atoms with Gasteiger partial charge in [0.15, 0.2) is 0 Å². The van der Waals surface area contributed by atoms with Gasteiger partial charge >= 0.3 is 0 Å². The number of nitrogens with zero attached hydrogens (tertiary/aromatic N) is 4. The van der Waals surface area contributed by atoms with Gasteiger partial charge in [0.1, 0.15) is 17.4 Å². The SMILES string of the molecule is CO[C@H](C)c1nc(CN(C)[C@@H](C)c2ccc(-n3cnc4ccccc43)cc2)cs1. The molecule has 0 aliphatic carbocycles. The van der Waals surface area contributed by atoms with E-state index in [9.17, 15) is 0 Å². The third-order valence-corrected chi connectivity index (χ3v) is 6.51. The lowest BCUT2D eigenvalue weighted by Gasteiger charge is -2.24. The Morgan fingerprint density at radius 3 is 2.62 bits per heavy atom. The lowest BCUT2D eigenvalue weighted by molar-refractivity contribution is 0.119. The van der Waals surface area contributed by atoms with E-state index in [0.29, 0.717) is 0 Å². The second-order valence-electron chi connectivity index (χ2n) is 7.34. The molecule has 6 heteroatoms. The van der Waals surface area contributed by atoms with Crippen LogP contribution in [0.2, 0.25) is 0 Å². The van der Waals surface area contributed by atoms with Crippen molar-refractivity contribution in [2.45, 2.75) is 32.5 Å². The van der Waals surface area contributed by atoms with Crippen LogP contribution in [-0.2, 0) is 11.3 Å². The minimum atomic E-state index is 0.0447. The number of para-hydroxylation sites is 2. The molecule has 0 amide bonds. The zero-order valence-electron chi connectivity index (χ0n) is 17.2. The number of hydrogen-bond donors (Lipinski definition) is 0. The zero-order valence-corrected chi connectivity index (χ0v) is 18.1. The van der Waals surface area contributed by atoms with E-state index in [-0.39, 0.29) is 12.1 Å². The molecule has 0 N–H and O–H groups in total. The first-order chi connectivity index (χ1) is 14.1. The van der Waals surface area contributed by atoms with Crippen molar-refractivity contribution in [1.82, 2.24) is 19.4 Å². The lowest BCUT2D eigenvalue weighted by Crippen LogP contribution is -2.22. The molecule has 0 saturated carbocycles. The first-order valence-corrected chi connectivity index (χ1v) is 10.6. The molecule has 0 fully saturated rings. The number of hydrogen-bond acceptors (Lipinski definition) is 5. The van der Waals surface area contributed by atoms with Crippen molar-refractivity contribution >= 4 is 22.4 Å². The van der Waals surface area contributed by atoms with E-state index in [4.69, 9.17) is 9.72 Å². The Kier molecular flexibility index (Phi) is 5.76. The molecule has 0 spiro atoms. The Bertz CT molecular complexity index is 1090. The normalized spacial score (nSPS) is 13.8. The molecule has 0 bridgehead atoms. The van der Waals surface area contributed by atoms with Crippen LogP contribution in [0.25, 0.3) is 16.7 Å². The highest BCUT2D eigenvalue weighted by Gasteiger charge is 2.15. The van der Waals surface area contributed by atoms with E-state index in [0.717, 1.165) is 34.0 Å². The molecule has 2 atom stereocenters. The Hall–Kier alpha value is -2.54. The van der Waals surface area contributed by atoms with Gasteiger partial charge in [-0.25, -0.2) is 9.97 Å². The topological polar surface area (TPSA) is 43.2 Å². The van der Waals surface area contributed by atoms with Crippen molar-refractivity contribution in [3.8, 4) is 5.69 Å². The Balaban J connectivity index is 1.47. The van der Waals surface area contributed by atoms with Crippen molar-refractivity contribution in [1.29, 1.82) is 0 Å². The van der Waals surface area contributed by atoms with Crippen LogP contribution in [-0.4, -0.2) is 33.6 Å².